The van der Waals surface area contributed by atoms with Crippen LogP contribution >= 0.6 is 0 Å². The van der Waals surface area contributed by atoms with Gasteiger partial charge in [0.25, 0.3) is 0 Å². The molecule has 0 spiro atoms. The van der Waals surface area contributed by atoms with Gasteiger partial charge in [-0.3, -0.25) is 0 Å². The van der Waals surface area contributed by atoms with Gasteiger partial charge in [0, 0.05) is 0 Å². The molecule has 0 bridgehead atoms. The summed E-state index contributed by atoms with van der Waals surface area (Å²) >= 11 is 0. The van der Waals surface area contributed by atoms with Gasteiger partial charge in [0.1, 0.15) is 6.61 Å². The minimum Gasteiger partial charge on any atom is -0.548 e. The molecule has 1 aromatic carbocycles. The van der Waals surface area contributed by atoms with Crippen molar-refractivity contribution in [1.29, 1.82) is 0 Å². The van der Waals surface area contributed by atoms with Gasteiger partial charge in [-0.25, -0.2) is 4.79 Å². The van der Waals surface area contributed by atoms with Gasteiger partial charge >= 0.3 is 35.7 Å². The van der Waals surface area contributed by atoms with Crippen molar-refractivity contribution in [1.82, 2.24) is 5.32 Å². The number of rotatable bonds is 5. The van der Waals surface area contributed by atoms with Gasteiger partial charge < -0.3 is 20.0 Å². The monoisotopic (exact) mass is 273 g/mol. The molecule has 1 aromatic rings. The number of amides is 1. The first kappa shape index (κ1) is 18.0. The average Bonchev–Trinajstić information content (AvgIpc) is 2.34. The summed E-state index contributed by atoms with van der Waals surface area (Å²) in [6.45, 7) is 3.46. The Kier molecular flexibility index (Phi) is 8.47. The molecular formula is C13H16NNaO4. The van der Waals surface area contributed by atoms with Crippen LogP contribution < -0.4 is 40.0 Å². The number of carboxylic acid groups (broad SMARTS) is 1. The summed E-state index contributed by atoms with van der Waals surface area (Å²) in [5.41, 5.74) is 0.835. The third-order valence-corrected chi connectivity index (χ3v) is 2.41. The Morgan fingerprint density at radius 1 is 1.26 bits per heavy atom. The largest absolute Gasteiger partial charge is 1.00 e. The van der Waals surface area contributed by atoms with Crippen LogP contribution in [0.3, 0.4) is 0 Å². The second-order valence-electron chi connectivity index (χ2n) is 4.25. The topological polar surface area (TPSA) is 78.5 Å². The molecule has 0 aliphatic carbocycles. The van der Waals surface area contributed by atoms with Crippen molar-refractivity contribution in [2.75, 3.05) is 0 Å². The molecule has 0 aliphatic rings. The summed E-state index contributed by atoms with van der Waals surface area (Å²) in [5.74, 6) is -1.58. The maximum absolute atomic E-state index is 11.4. The van der Waals surface area contributed by atoms with Crippen molar-refractivity contribution in [3.63, 3.8) is 0 Å². The zero-order valence-corrected chi connectivity index (χ0v) is 13.4. The van der Waals surface area contributed by atoms with Gasteiger partial charge in [-0.1, -0.05) is 44.2 Å². The SMILES string of the molecule is CC(C)[C@H](NC(=O)OCc1ccccc1)C(=O)[O-].[Na+]. The summed E-state index contributed by atoms with van der Waals surface area (Å²) in [7, 11) is 0. The van der Waals surface area contributed by atoms with Crippen LogP contribution in [0.4, 0.5) is 4.79 Å². The van der Waals surface area contributed by atoms with E-state index in [9.17, 15) is 14.7 Å². The van der Waals surface area contributed by atoms with E-state index in [2.05, 4.69) is 5.32 Å². The number of hydrogen-bond acceptors (Lipinski definition) is 4. The molecule has 0 radical (unpaired) electrons. The van der Waals surface area contributed by atoms with Crippen LogP contribution in [-0.4, -0.2) is 18.1 Å². The summed E-state index contributed by atoms with van der Waals surface area (Å²) in [6, 6.07) is 8.09. The number of alkyl carbamates (subject to hydrolysis) is 1. The Labute approximate surface area is 134 Å². The van der Waals surface area contributed by atoms with Crippen LogP contribution in [0.2, 0.25) is 0 Å². The third-order valence-electron chi connectivity index (χ3n) is 2.41. The van der Waals surface area contributed by atoms with E-state index < -0.39 is 18.1 Å². The third kappa shape index (κ3) is 6.61. The molecule has 0 saturated carbocycles. The molecule has 0 unspecified atom stereocenters. The van der Waals surface area contributed by atoms with Crippen molar-refractivity contribution in [3.05, 3.63) is 35.9 Å². The first-order chi connectivity index (χ1) is 8.50. The second kappa shape index (κ2) is 8.96. The zero-order valence-electron chi connectivity index (χ0n) is 11.4. The van der Waals surface area contributed by atoms with E-state index in [-0.39, 0.29) is 42.1 Å². The molecule has 0 fully saturated rings. The number of nitrogens with one attached hydrogen (secondary N) is 1. The molecular weight excluding hydrogens is 257 g/mol. The second-order valence-corrected chi connectivity index (χ2v) is 4.25. The molecule has 6 heteroatoms. The molecule has 1 N–H and O–H groups in total. The van der Waals surface area contributed by atoms with Gasteiger partial charge in [0.05, 0.1) is 12.0 Å². The molecule has 0 saturated heterocycles. The van der Waals surface area contributed by atoms with Crippen LogP contribution in [0.1, 0.15) is 19.4 Å². The molecule has 0 aliphatic heterocycles. The molecule has 5 nitrogen and oxygen atoms in total. The molecule has 1 rings (SSSR count). The summed E-state index contributed by atoms with van der Waals surface area (Å²) in [5, 5.41) is 13.0. The zero-order chi connectivity index (χ0) is 13.5. The van der Waals surface area contributed by atoms with Crippen LogP contribution in [-0.2, 0) is 16.1 Å². The van der Waals surface area contributed by atoms with Crippen molar-refractivity contribution in [3.8, 4) is 0 Å². The number of ether oxygens (including phenoxy) is 1. The minimum absolute atomic E-state index is 0. The first-order valence-electron chi connectivity index (χ1n) is 5.68. The Bertz CT molecular complexity index is 408. The molecule has 0 heterocycles. The first-order valence-corrected chi connectivity index (χ1v) is 5.68. The molecule has 1 amide bonds. The Morgan fingerprint density at radius 2 is 1.84 bits per heavy atom. The fourth-order valence-electron chi connectivity index (χ4n) is 1.39. The predicted molar refractivity (Wildman–Crippen MR) is 63.4 cm³/mol. The van der Waals surface area contributed by atoms with Gasteiger partial charge in [0.15, 0.2) is 0 Å². The van der Waals surface area contributed by atoms with Gasteiger partial charge in [-0.2, -0.15) is 0 Å². The Hall–Kier alpha value is -1.04. The van der Waals surface area contributed by atoms with Gasteiger partial charge in [-0.05, 0) is 11.5 Å². The smallest absolute Gasteiger partial charge is 0.548 e. The van der Waals surface area contributed by atoms with Crippen LogP contribution in [0.5, 0.6) is 0 Å². The predicted octanol–water partition coefficient (Wildman–Crippen LogP) is -2.31. The molecule has 19 heavy (non-hydrogen) atoms. The fourth-order valence-corrected chi connectivity index (χ4v) is 1.39. The number of carbonyl (C=O) groups is 2. The van der Waals surface area contributed by atoms with E-state index in [0.717, 1.165) is 5.56 Å². The van der Waals surface area contributed by atoms with E-state index in [1.54, 1.807) is 13.8 Å². The standard InChI is InChI=1S/C13H17NO4.Na/c1-9(2)11(12(15)16)14-13(17)18-8-10-6-4-3-5-7-10;/h3-7,9,11H,8H2,1-2H3,(H,14,17)(H,15,16);/q;+1/p-1/t11-;/m0./s1. The van der Waals surface area contributed by atoms with E-state index in [4.69, 9.17) is 4.74 Å². The Balaban J connectivity index is 0.00000324. The maximum Gasteiger partial charge on any atom is 1.00 e. The number of carboxylic acids is 1. The number of benzene rings is 1. The van der Waals surface area contributed by atoms with Crippen molar-refractivity contribution in [2.45, 2.75) is 26.5 Å². The molecule has 0 aromatic heterocycles. The normalized spacial score (nSPS) is 11.3. The van der Waals surface area contributed by atoms with Crippen LogP contribution in [0.25, 0.3) is 0 Å². The van der Waals surface area contributed by atoms with E-state index in [0.29, 0.717) is 0 Å². The summed E-state index contributed by atoms with van der Waals surface area (Å²) in [6.07, 6.45) is -0.762. The van der Waals surface area contributed by atoms with E-state index >= 15 is 0 Å². The maximum atomic E-state index is 11.4. The van der Waals surface area contributed by atoms with E-state index in [1.807, 2.05) is 30.3 Å². The Morgan fingerprint density at radius 3 is 2.32 bits per heavy atom. The number of carbonyl (C=O) groups excluding carboxylic acids is 2. The van der Waals surface area contributed by atoms with Gasteiger partial charge in [0.2, 0.25) is 0 Å². The fraction of sp³-hybridized carbons (Fsp3) is 0.385. The molecule has 98 valence electrons. The number of hydrogen-bond donors (Lipinski definition) is 1. The molecule has 1 atom stereocenters. The quantitative estimate of drug-likeness (QED) is 0.612. The van der Waals surface area contributed by atoms with Gasteiger partial charge in [-0.15, -0.1) is 0 Å². The van der Waals surface area contributed by atoms with E-state index in [1.165, 1.54) is 0 Å². The average molecular weight is 273 g/mol. The van der Waals surface area contributed by atoms with Crippen molar-refractivity contribution >= 4 is 12.1 Å². The van der Waals surface area contributed by atoms with Crippen molar-refractivity contribution in [2.24, 2.45) is 5.92 Å². The van der Waals surface area contributed by atoms with Crippen molar-refractivity contribution < 1.29 is 49.0 Å². The minimum atomic E-state index is -1.32. The van der Waals surface area contributed by atoms with Crippen LogP contribution in [0, 0.1) is 5.92 Å². The number of aliphatic carboxylic acids is 1. The summed E-state index contributed by atoms with van der Waals surface area (Å²) in [4.78, 5) is 22.2. The summed E-state index contributed by atoms with van der Waals surface area (Å²) < 4.78 is 4.92. The van der Waals surface area contributed by atoms with Crippen LogP contribution in [0.15, 0.2) is 30.3 Å².